The Kier molecular flexibility index (Phi) is 4.41. The Labute approximate surface area is 106 Å². The van der Waals surface area contributed by atoms with Crippen molar-refractivity contribution in [2.45, 2.75) is 13.0 Å². The van der Waals surface area contributed by atoms with Crippen LogP contribution in [0.2, 0.25) is 0 Å². The summed E-state index contributed by atoms with van der Waals surface area (Å²) >= 11 is 0. The summed E-state index contributed by atoms with van der Waals surface area (Å²) in [5.74, 6) is 0.772. The van der Waals surface area contributed by atoms with Crippen LogP contribution >= 0.6 is 0 Å². The van der Waals surface area contributed by atoms with E-state index in [1.165, 1.54) is 0 Å². The van der Waals surface area contributed by atoms with Crippen LogP contribution in [0.3, 0.4) is 0 Å². The number of carbonyl (C=O) groups is 1. The molecule has 0 radical (unpaired) electrons. The number of amides is 1. The van der Waals surface area contributed by atoms with Crippen LogP contribution in [-0.2, 0) is 11.3 Å². The van der Waals surface area contributed by atoms with Crippen LogP contribution < -0.4 is 10.6 Å². The fourth-order valence-electron chi connectivity index (χ4n) is 1.56. The van der Waals surface area contributed by atoms with Crippen molar-refractivity contribution in [1.29, 1.82) is 0 Å². The Hall–Kier alpha value is -2.23. The van der Waals surface area contributed by atoms with Crippen molar-refractivity contribution < 1.29 is 9.21 Å². The van der Waals surface area contributed by atoms with E-state index >= 15 is 0 Å². The zero-order valence-corrected chi connectivity index (χ0v) is 10.1. The van der Waals surface area contributed by atoms with Gasteiger partial charge in [0.05, 0.1) is 12.8 Å². The molecule has 4 nitrogen and oxygen atoms in total. The second-order valence-corrected chi connectivity index (χ2v) is 3.90. The third-order valence-electron chi connectivity index (χ3n) is 2.49. The lowest BCUT2D eigenvalue weighted by molar-refractivity contribution is -0.121. The normalized spacial score (nSPS) is 10.0. The Morgan fingerprint density at radius 1 is 1.11 bits per heavy atom. The predicted octanol–water partition coefficient (Wildman–Crippen LogP) is 2.40. The number of anilines is 1. The first-order valence-electron chi connectivity index (χ1n) is 5.92. The second-order valence-electron chi connectivity index (χ2n) is 3.90. The third kappa shape index (κ3) is 3.97. The van der Waals surface area contributed by atoms with E-state index in [1.54, 1.807) is 12.3 Å². The molecule has 2 N–H and O–H groups in total. The highest BCUT2D eigenvalue weighted by molar-refractivity contribution is 5.76. The molecular formula is C14H16N2O2. The van der Waals surface area contributed by atoms with Crippen molar-refractivity contribution in [3.63, 3.8) is 0 Å². The molecule has 0 spiro atoms. The molecular weight excluding hydrogens is 228 g/mol. The Bertz CT molecular complexity index is 466. The molecule has 0 atom stereocenters. The molecule has 2 aromatic rings. The number of furan rings is 1. The van der Waals surface area contributed by atoms with Crippen molar-refractivity contribution in [2.75, 3.05) is 11.9 Å². The van der Waals surface area contributed by atoms with Crippen molar-refractivity contribution >= 4 is 11.6 Å². The summed E-state index contributed by atoms with van der Waals surface area (Å²) in [6.45, 7) is 1.06. The number of para-hydroxylation sites is 1. The summed E-state index contributed by atoms with van der Waals surface area (Å²) in [4.78, 5) is 11.5. The van der Waals surface area contributed by atoms with E-state index in [2.05, 4.69) is 10.6 Å². The van der Waals surface area contributed by atoms with Gasteiger partial charge in [-0.3, -0.25) is 4.79 Å². The highest BCUT2D eigenvalue weighted by Gasteiger charge is 2.02. The number of carbonyl (C=O) groups excluding carboxylic acids is 1. The van der Waals surface area contributed by atoms with Gasteiger partial charge in [-0.2, -0.15) is 0 Å². The van der Waals surface area contributed by atoms with Gasteiger partial charge in [0.2, 0.25) is 5.91 Å². The zero-order chi connectivity index (χ0) is 12.6. The maximum Gasteiger partial charge on any atom is 0.222 e. The Balaban J connectivity index is 1.63. The van der Waals surface area contributed by atoms with Crippen LogP contribution in [0.5, 0.6) is 0 Å². The van der Waals surface area contributed by atoms with Crippen LogP contribution in [0.4, 0.5) is 5.69 Å². The number of hydrogen-bond acceptors (Lipinski definition) is 3. The molecule has 0 aliphatic heterocycles. The minimum atomic E-state index is 0.00910. The van der Waals surface area contributed by atoms with E-state index < -0.39 is 0 Å². The summed E-state index contributed by atoms with van der Waals surface area (Å²) in [5.41, 5.74) is 1.02. The monoisotopic (exact) mass is 244 g/mol. The van der Waals surface area contributed by atoms with E-state index in [0.29, 0.717) is 19.5 Å². The molecule has 1 amide bonds. The van der Waals surface area contributed by atoms with Gasteiger partial charge in [0, 0.05) is 18.7 Å². The van der Waals surface area contributed by atoms with Crippen molar-refractivity contribution in [2.24, 2.45) is 0 Å². The molecule has 4 heteroatoms. The maximum atomic E-state index is 11.5. The SMILES string of the molecule is O=C(CCNc1ccccc1)NCc1ccco1. The molecule has 94 valence electrons. The minimum Gasteiger partial charge on any atom is -0.467 e. The molecule has 0 bridgehead atoms. The maximum absolute atomic E-state index is 11.5. The van der Waals surface area contributed by atoms with Gasteiger partial charge in [-0.05, 0) is 24.3 Å². The fourth-order valence-corrected chi connectivity index (χ4v) is 1.56. The van der Waals surface area contributed by atoms with E-state index in [4.69, 9.17) is 4.42 Å². The quantitative estimate of drug-likeness (QED) is 0.820. The highest BCUT2D eigenvalue weighted by atomic mass is 16.3. The van der Waals surface area contributed by atoms with E-state index in [1.807, 2.05) is 36.4 Å². The fraction of sp³-hybridized carbons (Fsp3) is 0.214. The molecule has 0 unspecified atom stereocenters. The number of benzene rings is 1. The van der Waals surface area contributed by atoms with Gasteiger partial charge in [0.25, 0.3) is 0 Å². The summed E-state index contributed by atoms with van der Waals surface area (Å²) in [6, 6.07) is 13.5. The first-order chi connectivity index (χ1) is 8.84. The van der Waals surface area contributed by atoms with Gasteiger partial charge in [-0.1, -0.05) is 18.2 Å². The highest BCUT2D eigenvalue weighted by Crippen LogP contribution is 2.04. The second kappa shape index (κ2) is 6.49. The van der Waals surface area contributed by atoms with Gasteiger partial charge < -0.3 is 15.1 Å². The molecule has 0 saturated heterocycles. The number of hydrogen-bond donors (Lipinski definition) is 2. The zero-order valence-electron chi connectivity index (χ0n) is 10.1. The smallest absolute Gasteiger partial charge is 0.222 e. The predicted molar refractivity (Wildman–Crippen MR) is 70.1 cm³/mol. The third-order valence-corrected chi connectivity index (χ3v) is 2.49. The van der Waals surface area contributed by atoms with Gasteiger partial charge in [-0.25, -0.2) is 0 Å². The molecule has 0 aliphatic carbocycles. The molecule has 1 aromatic carbocycles. The van der Waals surface area contributed by atoms with Crippen LogP contribution in [0.15, 0.2) is 53.1 Å². The van der Waals surface area contributed by atoms with E-state index in [9.17, 15) is 4.79 Å². The van der Waals surface area contributed by atoms with Crippen LogP contribution in [0, 0.1) is 0 Å². The lowest BCUT2D eigenvalue weighted by Gasteiger charge is -2.06. The molecule has 0 fully saturated rings. The summed E-state index contributed by atoms with van der Waals surface area (Å²) in [6.07, 6.45) is 2.04. The van der Waals surface area contributed by atoms with Gasteiger partial charge >= 0.3 is 0 Å². The van der Waals surface area contributed by atoms with E-state index in [0.717, 1.165) is 11.4 Å². The summed E-state index contributed by atoms with van der Waals surface area (Å²) < 4.78 is 5.13. The molecule has 0 saturated carbocycles. The number of nitrogens with one attached hydrogen (secondary N) is 2. The number of rotatable bonds is 6. The standard InChI is InChI=1S/C14H16N2O2/c17-14(16-11-13-7-4-10-18-13)8-9-15-12-5-2-1-3-6-12/h1-7,10,15H,8-9,11H2,(H,16,17). The van der Waals surface area contributed by atoms with Gasteiger partial charge in [-0.15, -0.1) is 0 Å². The van der Waals surface area contributed by atoms with Crippen molar-refractivity contribution in [3.8, 4) is 0 Å². The molecule has 2 rings (SSSR count). The molecule has 0 aliphatic rings. The molecule has 18 heavy (non-hydrogen) atoms. The Morgan fingerprint density at radius 2 is 1.94 bits per heavy atom. The topological polar surface area (TPSA) is 54.3 Å². The van der Waals surface area contributed by atoms with Crippen LogP contribution in [0.25, 0.3) is 0 Å². The lowest BCUT2D eigenvalue weighted by Crippen LogP contribution is -2.24. The average Bonchev–Trinajstić information content (AvgIpc) is 2.91. The summed E-state index contributed by atoms with van der Waals surface area (Å²) in [5, 5.41) is 5.98. The van der Waals surface area contributed by atoms with Crippen molar-refractivity contribution in [1.82, 2.24) is 5.32 Å². The Morgan fingerprint density at radius 3 is 2.67 bits per heavy atom. The lowest BCUT2D eigenvalue weighted by atomic mass is 10.3. The summed E-state index contributed by atoms with van der Waals surface area (Å²) in [7, 11) is 0. The average molecular weight is 244 g/mol. The first-order valence-corrected chi connectivity index (χ1v) is 5.92. The van der Waals surface area contributed by atoms with Crippen LogP contribution in [0.1, 0.15) is 12.2 Å². The minimum absolute atomic E-state index is 0.00910. The largest absolute Gasteiger partial charge is 0.467 e. The van der Waals surface area contributed by atoms with Gasteiger partial charge in [0.15, 0.2) is 0 Å². The van der Waals surface area contributed by atoms with Gasteiger partial charge in [0.1, 0.15) is 5.76 Å². The van der Waals surface area contributed by atoms with Crippen LogP contribution in [-0.4, -0.2) is 12.5 Å². The first kappa shape index (κ1) is 12.2. The van der Waals surface area contributed by atoms with E-state index in [-0.39, 0.29) is 5.91 Å². The van der Waals surface area contributed by atoms with Crippen molar-refractivity contribution in [3.05, 3.63) is 54.5 Å². The molecule has 1 heterocycles. The molecule has 1 aromatic heterocycles.